The lowest BCUT2D eigenvalue weighted by Crippen LogP contribution is -2.31. The van der Waals surface area contributed by atoms with Gasteiger partial charge in [-0.25, -0.2) is 13.2 Å². The predicted molar refractivity (Wildman–Crippen MR) is 105 cm³/mol. The van der Waals surface area contributed by atoms with Gasteiger partial charge in [0.2, 0.25) is 0 Å². The number of benzene rings is 2. The molecule has 148 valence electrons. The second kappa shape index (κ2) is 8.02. The van der Waals surface area contributed by atoms with Gasteiger partial charge in [-0.05, 0) is 24.1 Å². The molecule has 3 rings (SSSR count). The van der Waals surface area contributed by atoms with Gasteiger partial charge < -0.3 is 9.47 Å². The molecule has 1 N–H and O–H groups in total. The van der Waals surface area contributed by atoms with Crippen LogP contribution in [0.1, 0.15) is 25.0 Å². The summed E-state index contributed by atoms with van der Waals surface area (Å²) in [6.45, 7) is 3.70. The van der Waals surface area contributed by atoms with Crippen molar-refractivity contribution in [2.24, 2.45) is 10.9 Å². The van der Waals surface area contributed by atoms with Gasteiger partial charge in [-0.2, -0.15) is 0 Å². The van der Waals surface area contributed by atoms with Gasteiger partial charge in [0.15, 0.2) is 6.04 Å². The number of carbonyl (C=O) groups excluding carboxylic acids is 1. The summed E-state index contributed by atoms with van der Waals surface area (Å²) in [4.78, 5) is 17.2. The lowest BCUT2D eigenvalue weighted by molar-refractivity contribution is -0.147. The van der Waals surface area contributed by atoms with Gasteiger partial charge in [0.25, 0.3) is 10.0 Å². The molecule has 8 heteroatoms. The van der Waals surface area contributed by atoms with Crippen LogP contribution in [0.5, 0.6) is 5.75 Å². The Morgan fingerprint density at radius 2 is 1.79 bits per heavy atom. The van der Waals surface area contributed by atoms with Crippen LogP contribution in [0, 0.1) is 5.92 Å². The highest BCUT2D eigenvalue weighted by atomic mass is 32.2. The van der Waals surface area contributed by atoms with E-state index in [-0.39, 0.29) is 23.3 Å². The zero-order chi connectivity index (χ0) is 20.3. The largest absolute Gasteiger partial charge is 0.496 e. The monoisotopic (exact) mass is 402 g/mol. The van der Waals surface area contributed by atoms with E-state index in [4.69, 9.17) is 9.47 Å². The van der Waals surface area contributed by atoms with Gasteiger partial charge in [0.1, 0.15) is 18.2 Å². The van der Waals surface area contributed by atoms with Crippen molar-refractivity contribution in [3.05, 3.63) is 59.7 Å². The van der Waals surface area contributed by atoms with Crippen molar-refractivity contribution in [1.82, 2.24) is 4.72 Å². The predicted octanol–water partition coefficient (Wildman–Crippen LogP) is 2.50. The summed E-state index contributed by atoms with van der Waals surface area (Å²) in [7, 11) is -2.12. The van der Waals surface area contributed by atoms with E-state index in [1.54, 1.807) is 31.4 Å². The molecule has 0 aliphatic carbocycles. The number of fused-ring (bicyclic) bond motifs is 1. The fraction of sp³-hybridized carbons (Fsp3) is 0.300. The number of nitrogens with one attached hydrogen (secondary N) is 1. The van der Waals surface area contributed by atoms with Crippen molar-refractivity contribution in [2.45, 2.75) is 31.4 Å². The molecule has 1 aliphatic heterocycles. The van der Waals surface area contributed by atoms with Crippen molar-refractivity contribution < 1.29 is 22.7 Å². The van der Waals surface area contributed by atoms with Gasteiger partial charge in [0.05, 0.1) is 12.0 Å². The topological polar surface area (TPSA) is 94.1 Å². The van der Waals surface area contributed by atoms with E-state index in [2.05, 4.69) is 9.71 Å². The number of aliphatic imine (C=N–C) groups is 1. The van der Waals surface area contributed by atoms with Crippen molar-refractivity contribution in [3.63, 3.8) is 0 Å². The number of hydrogen-bond donors (Lipinski definition) is 1. The summed E-state index contributed by atoms with van der Waals surface area (Å²) >= 11 is 0. The first-order valence-corrected chi connectivity index (χ1v) is 10.3. The Bertz CT molecular complexity index is 1010. The first kappa shape index (κ1) is 19.9. The lowest BCUT2D eigenvalue weighted by Gasteiger charge is -2.17. The van der Waals surface area contributed by atoms with Gasteiger partial charge >= 0.3 is 5.97 Å². The Hall–Kier alpha value is -2.87. The van der Waals surface area contributed by atoms with Crippen LogP contribution in [0.15, 0.2) is 58.4 Å². The molecular formula is C20H22N2O5S. The van der Waals surface area contributed by atoms with Crippen molar-refractivity contribution in [3.8, 4) is 5.75 Å². The summed E-state index contributed by atoms with van der Waals surface area (Å²) in [6.07, 6.45) is 0. The van der Waals surface area contributed by atoms with Gasteiger partial charge in [0, 0.05) is 11.1 Å². The normalized spacial score (nSPS) is 17.1. The Kier molecular flexibility index (Phi) is 5.69. The minimum atomic E-state index is -3.67. The summed E-state index contributed by atoms with van der Waals surface area (Å²) in [6, 6.07) is 12.9. The number of hydrogen-bond acceptors (Lipinski definition) is 6. The number of carbonyl (C=O) groups is 1. The smallest absolute Gasteiger partial charge is 0.331 e. The van der Waals surface area contributed by atoms with Gasteiger partial charge in [-0.3, -0.25) is 9.71 Å². The molecule has 1 aliphatic rings. The third kappa shape index (κ3) is 4.01. The third-order valence-corrected chi connectivity index (χ3v) is 5.76. The zero-order valence-electron chi connectivity index (χ0n) is 15.9. The van der Waals surface area contributed by atoms with Crippen molar-refractivity contribution >= 4 is 21.8 Å². The molecule has 0 bridgehead atoms. The molecule has 1 atom stereocenters. The third-order valence-electron chi connectivity index (χ3n) is 4.37. The van der Waals surface area contributed by atoms with Crippen LogP contribution in [-0.4, -0.2) is 33.4 Å². The van der Waals surface area contributed by atoms with E-state index in [1.807, 2.05) is 32.0 Å². The van der Waals surface area contributed by atoms with Crippen molar-refractivity contribution in [2.75, 3.05) is 7.11 Å². The molecule has 0 saturated carbocycles. The highest BCUT2D eigenvalue weighted by Crippen LogP contribution is 2.24. The molecular weight excluding hydrogens is 380 g/mol. The summed E-state index contributed by atoms with van der Waals surface area (Å²) < 4.78 is 37.6. The molecule has 0 fully saturated rings. The number of nitrogens with zero attached hydrogens (tertiary/aromatic N) is 1. The summed E-state index contributed by atoms with van der Waals surface area (Å²) in [5, 5.41) is 0. The number of para-hydroxylation sites is 1. The first-order valence-electron chi connectivity index (χ1n) is 8.82. The summed E-state index contributed by atoms with van der Waals surface area (Å²) in [5.74, 6) is 0.0654. The number of esters is 1. The number of amidine groups is 1. The Morgan fingerprint density at radius 3 is 2.50 bits per heavy atom. The van der Waals surface area contributed by atoms with Crippen LogP contribution in [0.3, 0.4) is 0 Å². The molecule has 0 aromatic heterocycles. The second-order valence-corrected chi connectivity index (χ2v) is 8.34. The molecule has 2 aromatic rings. The highest BCUT2D eigenvalue weighted by Gasteiger charge is 2.33. The molecule has 0 spiro atoms. The molecule has 7 nitrogen and oxygen atoms in total. The average molecular weight is 402 g/mol. The molecule has 0 amide bonds. The fourth-order valence-corrected chi connectivity index (χ4v) is 4.14. The molecule has 0 saturated heterocycles. The fourth-order valence-electron chi connectivity index (χ4n) is 2.90. The molecule has 0 radical (unpaired) electrons. The first-order chi connectivity index (χ1) is 13.3. The Balaban J connectivity index is 1.83. The SMILES string of the molecule is COc1ccccc1COC(=O)[C@@H](N=C1NS(=O)(=O)c2ccccc21)C(C)C. The molecule has 2 aromatic carbocycles. The van der Waals surface area contributed by atoms with Gasteiger partial charge in [-0.15, -0.1) is 0 Å². The molecule has 1 heterocycles. The highest BCUT2D eigenvalue weighted by molar-refractivity contribution is 7.90. The minimum Gasteiger partial charge on any atom is -0.496 e. The summed E-state index contributed by atoms with van der Waals surface area (Å²) in [5.41, 5.74) is 1.19. The lowest BCUT2D eigenvalue weighted by atomic mass is 10.0. The minimum absolute atomic E-state index is 0.0409. The van der Waals surface area contributed by atoms with E-state index in [0.29, 0.717) is 11.3 Å². The van der Waals surface area contributed by atoms with E-state index in [0.717, 1.165) is 5.56 Å². The standard InChI is InChI=1S/C20H22N2O5S/c1-13(2)18(20(23)27-12-14-8-4-6-10-16(14)26-3)21-19-15-9-5-7-11-17(15)28(24,25)22-19/h4-11,13,18H,12H2,1-3H3,(H,21,22)/t18-/m0/s1. The van der Waals surface area contributed by atoms with Crippen LogP contribution >= 0.6 is 0 Å². The van der Waals surface area contributed by atoms with E-state index >= 15 is 0 Å². The van der Waals surface area contributed by atoms with Crippen LogP contribution < -0.4 is 9.46 Å². The Labute approximate surface area is 164 Å². The van der Waals surface area contributed by atoms with Crippen LogP contribution in [-0.2, 0) is 26.2 Å². The van der Waals surface area contributed by atoms with E-state index in [9.17, 15) is 13.2 Å². The zero-order valence-corrected chi connectivity index (χ0v) is 16.7. The number of methoxy groups -OCH3 is 1. The second-order valence-electron chi connectivity index (χ2n) is 6.69. The van der Waals surface area contributed by atoms with Crippen LogP contribution in [0.25, 0.3) is 0 Å². The van der Waals surface area contributed by atoms with E-state index < -0.39 is 22.0 Å². The average Bonchev–Trinajstić information content (AvgIpc) is 2.94. The van der Waals surface area contributed by atoms with Gasteiger partial charge in [-0.1, -0.05) is 44.2 Å². The number of rotatable bonds is 6. The Morgan fingerprint density at radius 1 is 1.11 bits per heavy atom. The number of sulfonamides is 1. The van der Waals surface area contributed by atoms with Crippen molar-refractivity contribution in [1.29, 1.82) is 0 Å². The van der Waals surface area contributed by atoms with E-state index in [1.165, 1.54) is 6.07 Å². The quantitative estimate of drug-likeness (QED) is 0.749. The maximum absolute atomic E-state index is 12.7. The van der Waals surface area contributed by atoms with Crippen LogP contribution in [0.4, 0.5) is 0 Å². The van der Waals surface area contributed by atoms with Crippen LogP contribution in [0.2, 0.25) is 0 Å². The number of ether oxygens (including phenoxy) is 2. The molecule has 0 unspecified atom stereocenters. The molecule has 28 heavy (non-hydrogen) atoms. The maximum atomic E-state index is 12.7. The maximum Gasteiger partial charge on any atom is 0.331 e.